The number of rotatable bonds is 8. The number of amides is 2. The van der Waals surface area contributed by atoms with Crippen LogP contribution in [0.2, 0.25) is 0 Å². The fraction of sp³-hybridized carbons (Fsp3) is 0.471. The summed E-state index contributed by atoms with van der Waals surface area (Å²) in [6, 6.07) is -0.469. The lowest BCUT2D eigenvalue weighted by atomic mass is 10.0. The van der Waals surface area contributed by atoms with Crippen LogP contribution in [0.3, 0.4) is 0 Å². The van der Waals surface area contributed by atoms with Gasteiger partial charge in [0.05, 0.1) is 17.5 Å². The van der Waals surface area contributed by atoms with Crippen molar-refractivity contribution in [2.75, 3.05) is 0 Å². The average molecular weight is 412 g/mol. The number of hydrogen-bond donors (Lipinski definition) is 2. The Kier molecular flexibility index (Phi) is 7.59. The third-order valence-corrected chi connectivity index (χ3v) is 3.80. The first-order chi connectivity index (χ1) is 12.7. The standard InChI is InChI=1S/C17H18F6N2O3/c1-2-12(26)3-4-13(15(24)28)25-14(27)7-9-5-10(16(18,19)20)8-11(6-9)17(21,22)23/h5-6,8,13H,2-4,7H2,1H3,(H2,24,28)(H,25,27)/t13-/m1/s1. The quantitative estimate of drug-likeness (QED) is 0.644. The lowest BCUT2D eigenvalue weighted by Gasteiger charge is -2.17. The molecule has 0 aliphatic rings. The highest BCUT2D eigenvalue weighted by Crippen LogP contribution is 2.36. The van der Waals surface area contributed by atoms with E-state index in [0.717, 1.165) is 0 Å². The number of alkyl halides is 6. The summed E-state index contributed by atoms with van der Waals surface area (Å²) in [7, 11) is 0. The number of halogens is 6. The highest BCUT2D eigenvalue weighted by Gasteiger charge is 2.37. The fourth-order valence-electron chi connectivity index (χ4n) is 2.32. The second-order valence-electron chi connectivity index (χ2n) is 6.04. The Morgan fingerprint density at radius 2 is 1.50 bits per heavy atom. The minimum Gasteiger partial charge on any atom is -0.368 e. The molecule has 1 aromatic rings. The number of nitrogens with two attached hydrogens (primary N) is 1. The van der Waals surface area contributed by atoms with Crippen LogP contribution in [0.5, 0.6) is 0 Å². The molecule has 0 aliphatic heterocycles. The van der Waals surface area contributed by atoms with Crippen LogP contribution in [-0.4, -0.2) is 23.6 Å². The van der Waals surface area contributed by atoms with E-state index >= 15 is 0 Å². The molecule has 11 heteroatoms. The van der Waals surface area contributed by atoms with Gasteiger partial charge in [0.15, 0.2) is 0 Å². The van der Waals surface area contributed by atoms with Crippen molar-refractivity contribution >= 4 is 17.6 Å². The fourth-order valence-corrected chi connectivity index (χ4v) is 2.32. The monoisotopic (exact) mass is 412 g/mol. The summed E-state index contributed by atoms with van der Waals surface area (Å²) in [4.78, 5) is 34.7. The van der Waals surface area contributed by atoms with E-state index in [4.69, 9.17) is 5.73 Å². The van der Waals surface area contributed by atoms with E-state index in [1.165, 1.54) is 0 Å². The third-order valence-electron chi connectivity index (χ3n) is 3.80. The molecule has 0 aromatic heterocycles. The number of primary amides is 1. The zero-order valence-electron chi connectivity index (χ0n) is 14.7. The maximum absolute atomic E-state index is 12.8. The summed E-state index contributed by atoms with van der Waals surface area (Å²) in [5.41, 5.74) is 1.47. The Labute approximate surface area is 156 Å². The topological polar surface area (TPSA) is 89.3 Å². The van der Waals surface area contributed by atoms with Crippen LogP contribution >= 0.6 is 0 Å². The minimum absolute atomic E-state index is 0.0516. The molecule has 0 saturated carbocycles. The Balaban J connectivity index is 3.00. The van der Waals surface area contributed by atoms with Crippen molar-refractivity contribution in [1.29, 1.82) is 0 Å². The van der Waals surface area contributed by atoms with E-state index in [9.17, 15) is 40.7 Å². The molecule has 5 nitrogen and oxygen atoms in total. The van der Waals surface area contributed by atoms with Crippen molar-refractivity contribution in [3.05, 3.63) is 34.9 Å². The largest absolute Gasteiger partial charge is 0.416 e. The predicted molar refractivity (Wildman–Crippen MR) is 85.8 cm³/mol. The second-order valence-corrected chi connectivity index (χ2v) is 6.04. The minimum atomic E-state index is -5.04. The van der Waals surface area contributed by atoms with Crippen LogP contribution in [-0.2, 0) is 33.2 Å². The summed E-state index contributed by atoms with van der Waals surface area (Å²) in [6.45, 7) is 1.59. The number of ketones is 1. The van der Waals surface area contributed by atoms with Crippen molar-refractivity contribution in [3.8, 4) is 0 Å². The molecule has 0 spiro atoms. The van der Waals surface area contributed by atoms with Crippen molar-refractivity contribution in [3.63, 3.8) is 0 Å². The molecular formula is C17H18F6N2O3. The van der Waals surface area contributed by atoms with Gasteiger partial charge in [-0.3, -0.25) is 14.4 Å². The number of Topliss-reactive ketones (excluding diaryl/α,β-unsaturated/α-hetero) is 1. The van der Waals surface area contributed by atoms with E-state index < -0.39 is 53.3 Å². The molecule has 0 unspecified atom stereocenters. The van der Waals surface area contributed by atoms with Crippen LogP contribution in [0, 0.1) is 0 Å². The van der Waals surface area contributed by atoms with E-state index in [-0.39, 0.29) is 31.1 Å². The zero-order chi connectivity index (χ0) is 21.7. The van der Waals surface area contributed by atoms with Gasteiger partial charge >= 0.3 is 12.4 Å². The van der Waals surface area contributed by atoms with Crippen molar-refractivity contribution in [1.82, 2.24) is 5.32 Å². The molecule has 1 rings (SSSR count). The summed E-state index contributed by atoms with van der Waals surface area (Å²) in [5.74, 6) is -2.18. The van der Waals surface area contributed by atoms with Crippen LogP contribution < -0.4 is 11.1 Å². The Hall–Kier alpha value is -2.59. The number of carbonyl (C=O) groups excluding carboxylic acids is 3. The van der Waals surface area contributed by atoms with E-state index in [0.29, 0.717) is 12.1 Å². The van der Waals surface area contributed by atoms with Crippen LogP contribution in [0.4, 0.5) is 26.3 Å². The number of benzene rings is 1. The number of carbonyl (C=O) groups is 3. The normalized spacial score (nSPS) is 13.1. The van der Waals surface area contributed by atoms with Crippen molar-refractivity contribution in [2.24, 2.45) is 5.73 Å². The highest BCUT2D eigenvalue weighted by molar-refractivity contribution is 5.88. The van der Waals surface area contributed by atoms with Crippen LogP contribution in [0.1, 0.15) is 42.9 Å². The van der Waals surface area contributed by atoms with Crippen molar-refractivity contribution < 1.29 is 40.7 Å². The molecular weight excluding hydrogens is 394 g/mol. The highest BCUT2D eigenvalue weighted by atomic mass is 19.4. The molecule has 0 heterocycles. The Bertz CT molecular complexity index is 711. The SMILES string of the molecule is CCC(=O)CC[C@@H](NC(=O)Cc1cc(C(F)(F)F)cc(C(F)(F)F)c1)C(N)=O. The molecule has 156 valence electrons. The van der Waals surface area contributed by atoms with Gasteiger partial charge in [0.25, 0.3) is 0 Å². The maximum Gasteiger partial charge on any atom is 0.416 e. The lowest BCUT2D eigenvalue weighted by molar-refractivity contribution is -0.143. The van der Waals surface area contributed by atoms with Gasteiger partial charge in [-0.15, -0.1) is 0 Å². The van der Waals surface area contributed by atoms with Gasteiger partial charge in [0, 0.05) is 12.8 Å². The van der Waals surface area contributed by atoms with Gasteiger partial charge in [0.2, 0.25) is 11.8 Å². The first-order valence-corrected chi connectivity index (χ1v) is 8.12. The summed E-state index contributed by atoms with van der Waals surface area (Å²) in [6.07, 6.45) is -10.9. The molecule has 28 heavy (non-hydrogen) atoms. The van der Waals surface area contributed by atoms with Gasteiger partial charge in [-0.2, -0.15) is 26.3 Å². The molecule has 1 aromatic carbocycles. The Morgan fingerprint density at radius 1 is 1.00 bits per heavy atom. The zero-order valence-corrected chi connectivity index (χ0v) is 14.7. The predicted octanol–water partition coefficient (Wildman–Crippen LogP) is 3.00. The Morgan fingerprint density at radius 3 is 1.89 bits per heavy atom. The van der Waals surface area contributed by atoms with Gasteiger partial charge in [-0.05, 0) is 30.2 Å². The van der Waals surface area contributed by atoms with Crippen LogP contribution in [0.25, 0.3) is 0 Å². The lowest BCUT2D eigenvalue weighted by Crippen LogP contribution is -2.45. The molecule has 0 radical (unpaired) electrons. The van der Waals surface area contributed by atoms with E-state index in [1.807, 2.05) is 0 Å². The van der Waals surface area contributed by atoms with Gasteiger partial charge in [-0.25, -0.2) is 0 Å². The third kappa shape index (κ3) is 7.20. The van der Waals surface area contributed by atoms with Gasteiger partial charge < -0.3 is 11.1 Å². The van der Waals surface area contributed by atoms with Gasteiger partial charge in [-0.1, -0.05) is 6.92 Å². The molecule has 0 fully saturated rings. The summed E-state index contributed by atoms with van der Waals surface area (Å²) >= 11 is 0. The van der Waals surface area contributed by atoms with Crippen LogP contribution in [0.15, 0.2) is 18.2 Å². The first kappa shape index (κ1) is 23.4. The van der Waals surface area contributed by atoms with E-state index in [2.05, 4.69) is 5.32 Å². The average Bonchev–Trinajstić information content (AvgIpc) is 2.56. The molecule has 0 saturated heterocycles. The smallest absolute Gasteiger partial charge is 0.368 e. The van der Waals surface area contributed by atoms with Gasteiger partial charge in [0.1, 0.15) is 11.8 Å². The maximum atomic E-state index is 12.8. The summed E-state index contributed by atoms with van der Waals surface area (Å²) < 4.78 is 77.0. The van der Waals surface area contributed by atoms with E-state index in [1.54, 1.807) is 6.92 Å². The van der Waals surface area contributed by atoms with Crippen molar-refractivity contribution in [2.45, 2.75) is 51.0 Å². The molecule has 0 bridgehead atoms. The molecule has 0 aliphatic carbocycles. The molecule has 3 N–H and O–H groups in total. The number of nitrogens with one attached hydrogen (secondary N) is 1. The molecule has 2 amide bonds. The number of hydrogen-bond acceptors (Lipinski definition) is 3. The summed E-state index contributed by atoms with van der Waals surface area (Å²) in [5, 5.41) is 2.13. The molecule has 1 atom stereocenters. The second kappa shape index (κ2) is 9.07. The first-order valence-electron chi connectivity index (χ1n) is 8.12.